The minimum Gasteiger partial charge on any atom is -0.356 e. The fourth-order valence-electron chi connectivity index (χ4n) is 6.45. The molecule has 7 nitrogen and oxygen atoms in total. The molecule has 7 rings (SSSR count). The van der Waals surface area contributed by atoms with Crippen molar-refractivity contribution in [2.75, 3.05) is 4.90 Å². The molecule has 4 aromatic carbocycles. The van der Waals surface area contributed by atoms with Crippen molar-refractivity contribution in [3.63, 3.8) is 0 Å². The van der Waals surface area contributed by atoms with Gasteiger partial charge in [0.25, 0.3) is 11.8 Å². The van der Waals surface area contributed by atoms with E-state index in [0.717, 1.165) is 38.2 Å². The SMILES string of the molecule is CC(C)c1ccc([C@@H]2c3[nH]c4ccccc4c3C[C@H]3C(=O)N(c4ccccc4C(=O)NCc4ccc(F)cc4)C(=O)N23)cc1. The van der Waals surface area contributed by atoms with Crippen molar-refractivity contribution in [1.82, 2.24) is 15.2 Å². The van der Waals surface area contributed by atoms with Crippen LogP contribution in [-0.2, 0) is 17.8 Å². The highest BCUT2D eigenvalue weighted by Crippen LogP contribution is 2.45. The first-order valence-electron chi connectivity index (χ1n) is 14.8. The molecule has 44 heavy (non-hydrogen) atoms. The van der Waals surface area contributed by atoms with Crippen molar-refractivity contribution in [1.29, 1.82) is 0 Å². The number of halogens is 1. The van der Waals surface area contributed by atoms with Gasteiger partial charge < -0.3 is 10.3 Å². The Morgan fingerprint density at radius 2 is 1.64 bits per heavy atom. The van der Waals surface area contributed by atoms with Crippen LogP contribution in [0.3, 0.4) is 0 Å². The number of rotatable bonds is 6. The molecule has 2 atom stereocenters. The number of imide groups is 1. The zero-order valence-electron chi connectivity index (χ0n) is 24.4. The molecule has 2 aliphatic heterocycles. The Morgan fingerprint density at radius 3 is 2.39 bits per heavy atom. The molecule has 3 heterocycles. The van der Waals surface area contributed by atoms with Crippen LogP contribution in [0.15, 0.2) is 97.1 Å². The largest absolute Gasteiger partial charge is 0.356 e. The number of hydrogen-bond acceptors (Lipinski definition) is 3. The topological polar surface area (TPSA) is 85.5 Å². The second-order valence-corrected chi connectivity index (χ2v) is 11.7. The smallest absolute Gasteiger partial charge is 0.332 e. The summed E-state index contributed by atoms with van der Waals surface area (Å²) in [5, 5.41) is 3.87. The number of carbonyl (C=O) groups excluding carboxylic acids is 3. The molecule has 0 spiro atoms. The predicted octanol–water partition coefficient (Wildman–Crippen LogP) is 6.84. The number of fused-ring (bicyclic) bond motifs is 4. The second-order valence-electron chi connectivity index (χ2n) is 11.7. The zero-order valence-corrected chi connectivity index (χ0v) is 24.4. The van der Waals surface area contributed by atoms with E-state index >= 15 is 0 Å². The Bertz CT molecular complexity index is 1910. The van der Waals surface area contributed by atoms with Crippen molar-refractivity contribution in [3.8, 4) is 0 Å². The number of carbonyl (C=O) groups is 3. The van der Waals surface area contributed by atoms with Crippen LogP contribution in [0.25, 0.3) is 10.9 Å². The molecule has 0 unspecified atom stereocenters. The fraction of sp³-hybridized carbons (Fsp3) is 0.194. The maximum absolute atomic E-state index is 14.4. The average Bonchev–Trinajstić information content (AvgIpc) is 3.53. The van der Waals surface area contributed by atoms with E-state index in [1.807, 2.05) is 36.4 Å². The normalized spacial score (nSPS) is 17.7. The van der Waals surface area contributed by atoms with E-state index in [-0.39, 0.29) is 29.5 Å². The van der Waals surface area contributed by atoms with E-state index in [9.17, 15) is 18.8 Å². The maximum atomic E-state index is 14.4. The van der Waals surface area contributed by atoms with Crippen LogP contribution in [0.4, 0.5) is 14.9 Å². The number of para-hydroxylation sites is 2. The van der Waals surface area contributed by atoms with Gasteiger partial charge in [0.15, 0.2) is 0 Å². The van der Waals surface area contributed by atoms with Gasteiger partial charge in [0.1, 0.15) is 17.9 Å². The highest BCUT2D eigenvalue weighted by molar-refractivity contribution is 6.24. The number of anilines is 1. The van der Waals surface area contributed by atoms with Gasteiger partial charge in [-0.25, -0.2) is 14.1 Å². The van der Waals surface area contributed by atoms with Crippen molar-refractivity contribution in [3.05, 3.63) is 136 Å². The number of aromatic nitrogens is 1. The van der Waals surface area contributed by atoms with E-state index in [1.54, 1.807) is 41.3 Å². The maximum Gasteiger partial charge on any atom is 0.332 e. The minimum atomic E-state index is -0.737. The highest BCUT2D eigenvalue weighted by Gasteiger charge is 2.53. The van der Waals surface area contributed by atoms with Crippen LogP contribution in [0, 0.1) is 5.82 Å². The second kappa shape index (κ2) is 10.8. The summed E-state index contributed by atoms with van der Waals surface area (Å²) in [4.78, 5) is 48.4. The summed E-state index contributed by atoms with van der Waals surface area (Å²) in [6, 6.07) is 27.0. The zero-order chi connectivity index (χ0) is 30.5. The van der Waals surface area contributed by atoms with Gasteiger partial charge in [0.05, 0.1) is 11.3 Å². The minimum absolute atomic E-state index is 0.167. The number of H-pyrrole nitrogens is 1. The van der Waals surface area contributed by atoms with Gasteiger partial charge in [-0.1, -0.05) is 80.6 Å². The third kappa shape index (κ3) is 4.54. The molecule has 8 heteroatoms. The highest BCUT2D eigenvalue weighted by atomic mass is 19.1. The summed E-state index contributed by atoms with van der Waals surface area (Å²) in [5.74, 6) is -0.815. The number of nitrogens with one attached hydrogen (secondary N) is 2. The molecule has 0 bridgehead atoms. The van der Waals surface area contributed by atoms with Crippen molar-refractivity contribution in [2.24, 2.45) is 0 Å². The first-order valence-corrected chi connectivity index (χ1v) is 14.8. The molecule has 1 fully saturated rings. The quantitative estimate of drug-likeness (QED) is 0.214. The molecule has 0 radical (unpaired) electrons. The summed E-state index contributed by atoms with van der Waals surface area (Å²) in [7, 11) is 0. The lowest BCUT2D eigenvalue weighted by atomic mass is 9.88. The van der Waals surface area contributed by atoms with Crippen LogP contribution < -0.4 is 10.2 Å². The molecule has 2 N–H and O–H groups in total. The molecule has 0 saturated carbocycles. The van der Waals surface area contributed by atoms with E-state index in [1.165, 1.54) is 17.7 Å². The van der Waals surface area contributed by atoms with Gasteiger partial charge in [-0.15, -0.1) is 0 Å². The Hall–Kier alpha value is -5.24. The fourth-order valence-corrected chi connectivity index (χ4v) is 6.45. The molecule has 2 aliphatic rings. The van der Waals surface area contributed by atoms with E-state index < -0.39 is 24.0 Å². The lowest BCUT2D eigenvalue weighted by Gasteiger charge is -2.36. The number of aromatic amines is 1. The predicted molar refractivity (Wildman–Crippen MR) is 167 cm³/mol. The van der Waals surface area contributed by atoms with Crippen LogP contribution >= 0.6 is 0 Å². The van der Waals surface area contributed by atoms with Crippen LogP contribution in [0.2, 0.25) is 0 Å². The van der Waals surface area contributed by atoms with Gasteiger partial charge in [-0.05, 0) is 58.5 Å². The molecular formula is C36H31FN4O3. The molecule has 0 aliphatic carbocycles. The molecular weight excluding hydrogens is 555 g/mol. The summed E-state index contributed by atoms with van der Waals surface area (Å²) < 4.78 is 13.3. The van der Waals surface area contributed by atoms with Crippen LogP contribution in [0.5, 0.6) is 0 Å². The third-order valence-corrected chi connectivity index (χ3v) is 8.72. The number of urea groups is 1. The lowest BCUT2D eigenvalue weighted by molar-refractivity contribution is -0.120. The average molecular weight is 587 g/mol. The van der Waals surface area contributed by atoms with Gasteiger partial charge in [0.2, 0.25) is 0 Å². The van der Waals surface area contributed by atoms with E-state index in [0.29, 0.717) is 12.3 Å². The lowest BCUT2D eigenvalue weighted by Crippen LogP contribution is -2.44. The summed E-state index contributed by atoms with van der Waals surface area (Å²) >= 11 is 0. The Kier molecular flexibility index (Phi) is 6.77. The standard InChI is InChI=1S/C36H31FN4O3/c1-21(2)23-13-15-24(16-14-23)33-32-28(26-7-3-5-9-29(26)39-32)19-31-35(43)41(36(44)40(31)33)30-10-6-4-8-27(30)34(42)38-20-22-11-17-25(37)18-12-22/h3-18,21,31,33,39H,19-20H2,1-2H3,(H,38,42)/t31-,33+/m0/s1. The molecule has 220 valence electrons. The Balaban J connectivity index is 1.27. The number of nitrogens with zero attached hydrogens (tertiary/aromatic N) is 2. The van der Waals surface area contributed by atoms with E-state index in [4.69, 9.17) is 0 Å². The molecule has 5 aromatic rings. The molecule has 1 saturated heterocycles. The Labute approximate surface area is 254 Å². The van der Waals surface area contributed by atoms with E-state index in [2.05, 4.69) is 36.3 Å². The first kappa shape index (κ1) is 27.6. The number of hydrogen-bond donors (Lipinski definition) is 2. The van der Waals surface area contributed by atoms with Crippen molar-refractivity contribution >= 4 is 34.4 Å². The van der Waals surface area contributed by atoms with Crippen molar-refractivity contribution < 1.29 is 18.8 Å². The molecule has 4 amide bonds. The van der Waals surface area contributed by atoms with Crippen LogP contribution in [0.1, 0.15) is 64.1 Å². The molecule has 1 aromatic heterocycles. The van der Waals surface area contributed by atoms with Gasteiger partial charge in [-0.2, -0.15) is 0 Å². The number of amides is 4. The third-order valence-electron chi connectivity index (χ3n) is 8.72. The Morgan fingerprint density at radius 1 is 0.932 bits per heavy atom. The van der Waals surface area contributed by atoms with Gasteiger partial charge >= 0.3 is 6.03 Å². The van der Waals surface area contributed by atoms with Gasteiger partial charge in [0, 0.05) is 29.6 Å². The van der Waals surface area contributed by atoms with Crippen molar-refractivity contribution in [2.45, 2.75) is 44.8 Å². The first-order chi connectivity index (χ1) is 21.3. The van der Waals surface area contributed by atoms with Crippen LogP contribution in [-0.4, -0.2) is 33.8 Å². The summed E-state index contributed by atoms with van der Waals surface area (Å²) in [6.45, 7) is 4.44. The van der Waals surface area contributed by atoms with Gasteiger partial charge in [-0.3, -0.25) is 14.5 Å². The summed E-state index contributed by atoms with van der Waals surface area (Å²) in [6.07, 6.45) is 0.361. The monoisotopic (exact) mass is 586 g/mol. The summed E-state index contributed by atoms with van der Waals surface area (Å²) in [5.41, 5.74) is 6.13. The number of benzene rings is 4.